The predicted octanol–water partition coefficient (Wildman–Crippen LogP) is 2.47. The number of carbonyl (C=O) groups excluding carboxylic acids is 1. The van der Waals surface area contributed by atoms with Crippen molar-refractivity contribution in [2.24, 2.45) is 5.92 Å². The van der Waals surface area contributed by atoms with Crippen molar-refractivity contribution < 1.29 is 4.79 Å². The Morgan fingerprint density at radius 2 is 2.14 bits per heavy atom. The number of hydrogen-bond acceptors (Lipinski definition) is 5. The van der Waals surface area contributed by atoms with Crippen molar-refractivity contribution >= 4 is 23.5 Å². The van der Waals surface area contributed by atoms with Crippen LogP contribution < -0.4 is 10.2 Å². The maximum Gasteiger partial charge on any atom is 0.220 e. The Bertz CT molecular complexity index is 513. The summed E-state index contributed by atoms with van der Waals surface area (Å²) in [5, 5.41) is 3.96. The van der Waals surface area contributed by atoms with Gasteiger partial charge in [-0.15, -0.1) is 0 Å². The fourth-order valence-corrected chi connectivity index (χ4v) is 3.42. The summed E-state index contributed by atoms with van der Waals surface area (Å²) in [4.78, 5) is 23.1. The van der Waals surface area contributed by atoms with Crippen LogP contribution in [0.3, 0.4) is 0 Å². The summed E-state index contributed by atoms with van der Waals surface area (Å²) in [5.41, 5.74) is 0. The first-order valence-corrected chi connectivity index (χ1v) is 9.38. The number of nitrogens with one attached hydrogen (secondary N) is 1. The van der Waals surface area contributed by atoms with E-state index in [1.165, 1.54) is 6.42 Å². The molecule has 0 atom stereocenters. The average molecular weight is 320 g/mol. The van der Waals surface area contributed by atoms with Gasteiger partial charge in [-0.25, -0.2) is 9.97 Å². The van der Waals surface area contributed by atoms with Crippen molar-refractivity contribution in [3.8, 4) is 0 Å². The van der Waals surface area contributed by atoms with Crippen LogP contribution in [0.25, 0.3) is 0 Å². The Balaban J connectivity index is 1.46. The molecular weight excluding hydrogens is 296 g/mol. The van der Waals surface area contributed by atoms with Gasteiger partial charge in [0, 0.05) is 31.7 Å². The molecule has 1 saturated heterocycles. The second-order valence-corrected chi connectivity index (χ2v) is 7.00. The minimum Gasteiger partial charge on any atom is -0.356 e. The van der Waals surface area contributed by atoms with Crippen molar-refractivity contribution in [2.75, 3.05) is 24.2 Å². The molecular formula is C16H24N4OS. The second-order valence-electron chi connectivity index (χ2n) is 6.23. The standard InChI is InChI=1S/C16H24N4OS/c1-22-16-17-8-5-14(19-16)20-9-6-12(7-10-20)11-15(21)18-13-3-2-4-13/h5,8,12-13H,2-4,6-7,9-11H2,1H3,(H,18,21). The number of thioether (sulfide) groups is 1. The molecule has 1 aliphatic carbocycles. The molecule has 2 aliphatic rings. The van der Waals surface area contributed by atoms with Crippen LogP contribution in [-0.4, -0.2) is 41.3 Å². The number of anilines is 1. The fourth-order valence-electron chi connectivity index (χ4n) is 3.07. The van der Waals surface area contributed by atoms with Crippen molar-refractivity contribution in [2.45, 2.75) is 49.7 Å². The highest BCUT2D eigenvalue weighted by Gasteiger charge is 2.25. The summed E-state index contributed by atoms with van der Waals surface area (Å²) in [6.07, 6.45) is 10.2. The van der Waals surface area contributed by atoms with E-state index in [9.17, 15) is 4.79 Å². The molecule has 1 N–H and O–H groups in total. The minimum atomic E-state index is 0.245. The van der Waals surface area contributed by atoms with Gasteiger partial charge >= 0.3 is 0 Å². The number of piperidine rings is 1. The van der Waals surface area contributed by atoms with Crippen LogP contribution in [0.1, 0.15) is 38.5 Å². The highest BCUT2D eigenvalue weighted by atomic mass is 32.2. The Labute approximate surface area is 136 Å². The fraction of sp³-hybridized carbons (Fsp3) is 0.688. The van der Waals surface area contributed by atoms with Crippen LogP contribution in [0.15, 0.2) is 17.4 Å². The zero-order chi connectivity index (χ0) is 15.4. The Hall–Kier alpha value is -1.30. The van der Waals surface area contributed by atoms with Crippen molar-refractivity contribution in [3.05, 3.63) is 12.3 Å². The summed E-state index contributed by atoms with van der Waals surface area (Å²) >= 11 is 1.57. The zero-order valence-electron chi connectivity index (χ0n) is 13.1. The van der Waals surface area contributed by atoms with Crippen LogP contribution >= 0.6 is 11.8 Å². The van der Waals surface area contributed by atoms with E-state index < -0.39 is 0 Å². The van der Waals surface area contributed by atoms with Gasteiger partial charge < -0.3 is 10.2 Å². The third kappa shape index (κ3) is 3.91. The Morgan fingerprint density at radius 1 is 1.36 bits per heavy atom. The van der Waals surface area contributed by atoms with Crippen LogP contribution in [0.4, 0.5) is 5.82 Å². The van der Waals surface area contributed by atoms with E-state index in [-0.39, 0.29) is 5.91 Å². The van der Waals surface area contributed by atoms with Gasteiger partial charge in [0.1, 0.15) is 5.82 Å². The number of nitrogens with zero attached hydrogens (tertiary/aromatic N) is 3. The predicted molar refractivity (Wildman–Crippen MR) is 89.1 cm³/mol. The molecule has 0 spiro atoms. The summed E-state index contributed by atoms with van der Waals surface area (Å²) in [7, 11) is 0. The SMILES string of the molecule is CSc1nccc(N2CCC(CC(=O)NC3CCC3)CC2)n1. The monoisotopic (exact) mass is 320 g/mol. The maximum absolute atomic E-state index is 12.0. The molecule has 1 amide bonds. The highest BCUT2D eigenvalue weighted by molar-refractivity contribution is 7.98. The largest absolute Gasteiger partial charge is 0.356 e. The molecule has 2 heterocycles. The van der Waals surface area contributed by atoms with Crippen LogP contribution in [-0.2, 0) is 4.79 Å². The first-order chi connectivity index (χ1) is 10.7. The van der Waals surface area contributed by atoms with Gasteiger partial charge in [-0.1, -0.05) is 11.8 Å². The van der Waals surface area contributed by atoms with E-state index in [1.54, 1.807) is 11.8 Å². The van der Waals surface area contributed by atoms with Crippen molar-refractivity contribution in [1.29, 1.82) is 0 Å². The minimum absolute atomic E-state index is 0.245. The lowest BCUT2D eigenvalue weighted by atomic mass is 9.90. The van der Waals surface area contributed by atoms with E-state index in [0.717, 1.165) is 49.7 Å². The van der Waals surface area contributed by atoms with E-state index in [2.05, 4.69) is 20.2 Å². The lowest BCUT2D eigenvalue weighted by molar-refractivity contribution is -0.123. The first kappa shape index (κ1) is 15.6. The van der Waals surface area contributed by atoms with E-state index in [0.29, 0.717) is 18.4 Å². The quantitative estimate of drug-likeness (QED) is 0.667. The normalized spacial score (nSPS) is 19.8. The number of aromatic nitrogens is 2. The molecule has 1 aromatic heterocycles. The lowest BCUT2D eigenvalue weighted by Crippen LogP contribution is -2.41. The smallest absolute Gasteiger partial charge is 0.220 e. The van der Waals surface area contributed by atoms with Gasteiger partial charge in [-0.05, 0) is 50.3 Å². The van der Waals surface area contributed by atoms with E-state index in [4.69, 9.17) is 0 Å². The van der Waals surface area contributed by atoms with E-state index >= 15 is 0 Å². The number of carbonyl (C=O) groups is 1. The molecule has 6 heteroatoms. The first-order valence-electron chi connectivity index (χ1n) is 8.16. The van der Waals surface area contributed by atoms with Gasteiger partial charge in [0.15, 0.2) is 5.16 Å². The maximum atomic E-state index is 12.0. The molecule has 5 nitrogen and oxygen atoms in total. The van der Waals surface area contributed by atoms with Crippen LogP contribution in [0.5, 0.6) is 0 Å². The molecule has 0 radical (unpaired) electrons. The van der Waals surface area contributed by atoms with Crippen LogP contribution in [0, 0.1) is 5.92 Å². The molecule has 1 aliphatic heterocycles. The van der Waals surface area contributed by atoms with Crippen molar-refractivity contribution in [3.63, 3.8) is 0 Å². The molecule has 1 saturated carbocycles. The van der Waals surface area contributed by atoms with Crippen molar-refractivity contribution in [1.82, 2.24) is 15.3 Å². The van der Waals surface area contributed by atoms with E-state index in [1.807, 2.05) is 18.5 Å². The number of hydrogen-bond donors (Lipinski definition) is 1. The summed E-state index contributed by atoms with van der Waals surface area (Å²) < 4.78 is 0. The molecule has 22 heavy (non-hydrogen) atoms. The summed E-state index contributed by atoms with van der Waals surface area (Å²) in [6.45, 7) is 1.96. The second kappa shape index (κ2) is 7.31. The third-order valence-corrected chi connectivity index (χ3v) is 5.25. The van der Waals surface area contributed by atoms with Gasteiger partial charge in [0.05, 0.1) is 0 Å². The topological polar surface area (TPSA) is 58.1 Å². The zero-order valence-corrected chi connectivity index (χ0v) is 13.9. The lowest BCUT2D eigenvalue weighted by Gasteiger charge is -2.33. The molecule has 0 aromatic carbocycles. The Kier molecular flexibility index (Phi) is 5.18. The molecule has 120 valence electrons. The molecule has 0 bridgehead atoms. The van der Waals surface area contributed by atoms with Crippen LogP contribution in [0.2, 0.25) is 0 Å². The molecule has 0 unspecified atom stereocenters. The van der Waals surface area contributed by atoms with Gasteiger partial charge in [0.25, 0.3) is 0 Å². The van der Waals surface area contributed by atoms with Gasteiger partial charge in [0.2, 0.25) is 5.91 Å². The summed E-state index contributed by atoms with van der Waals surface area (Å²) in [6, 6.07) is 2.43. The molecule has 3 rings (SSSR count). The highest BCUT2D eigenvalue weighted by Crippen LogP contribution is 2.25. The van der Waals surface area contributed by atoms with Gasteiger partial charge in [-0.3, -0.25) is 4.79 Å². The number of amides is 1. The number of rotatable bonds is 5. The summed E-state index contributed by atoms with van der Waals surface area (Å²) in [5.74, 6) is 1.77. The average Bonchev–Trinajstić information content (AvgIpc) is 2.52. The Morgan fingerprint density at radius 3 is 2.77 bits per heavy atom. The molecule has 2 fully saturated rings. The third-order valence-electron chi connectivity index (χ3n) is 4.68. The van der Waals surface area contributed by atoms with Gasteiger partial charge in [-0.2, -0.15) is 0 Å². The molecule has 1 aromatic rings.